The molecule has 2 aromatic heterocycles. The van der Waals surface area contributed by atoms with Crippen molar-refractivity contribution in [3.8, 4) is 0 Å². The Bertz CT molecular complexity index is 954. The standard InChI is InChI=1S/C19H21N3O3S/c1-11(2)17-14-10-15(26-19(14)22(3)21-17)18(25)20-13-7-4-12(5-8-13)6-9-16(23)24/h4-5,7-8,10-11H,6,9H2,1-3H3,(H,20,25)(H,23,24). The lowest BCUT2D eigenvalue weighted by molar-refractivity contribution is -0.136. The first-order chi connectivity index (χ1) is 12.3. The van der Waals surface area contributed by atoms with Gasteiger partial charge in [-0.25, -0.2) is 0 Å². The van der Waals surface area contributed by atoms with E-state index in [1.165, 1.54) is 11.3 Å². The van der Waals surface area contributed by atoms with E-state index in [0.717, 1.165) is 21.5 Å². The number of hydrogen-bond donors (Lipinski definition) is 2. The molecule has 6 nitrogen and oxygen atoms in total. The second-order valence-electron chi connectivity index (χ2n) is 6.54. The Balaban J connectivity index is 1.74. The van der Waals surface area contributed by atoms with Crippen LogP contribution in [0.3, 0.4) is 0 Å². The van der Waals surface area contributed by atoms with Crippen LogP contribution >= 0.6 is 11.3 Å². The van der Waals surface area contributed by atoms with E-state index in [1.54, 1.807) is 12.1 Å². The summed E-state index contributed by atoms with van der Waals surface area (Å²) in [6.07, 6.45) is 0.574. The van der Waals surface area contributed by atoms with Crippen LogP contribution in [0.25, 0.3) is 10.2 Å². The van der Waals surface area contributed by atoms with Crippen LogP contribution in [-0.4, -0.2) is 26.8 Å². The SMILES string of the molecule is CC(C)c1nn(C)c2sc(C(=O)Nc3ccc(CCC(=O)O)cc3)cc12. The molecule has 0 unspecified atom stereocenters. The molecule has 0 atom stereocenters. The lowest BCUT2D eigenvalue weighted by atomic mass is 10.1. The minimum atomic E-state index is -0.817. The van der Waals surface area contributed by atoms with Gasteiger partial charge in [-0.2, -0.15) is 5.10 Å². The Hall–Kier alpha value is -2.67. The number of carbonyl (C=O) groups is 2. The molecule has 7 heteroatoms. The van der Waals surface area contributed by atoms with Gasteiger partial charge in [0, 0.05) is 24.5 Å². The molecule has 136 valence electrons. The molecule has 2 heterocycles. The number of nitrogens with one attached hydrogen (secondary N) is 1. The first kappa shape index (κ1) is 18.1. The molecule has 0 saturated heterocycles. The van der Waals surface area contributed by atoms with E-state index in [4.69, 9.17) is 5.11 Å². The first-order valence-electron chi connectivity index (χ1n) is 8.43. The Morgan fingerprint density at radius 3 is 2.58 bits per heavy atom. The molecule has 1 amide bonds. The molecule has 0 aliphatic rings. The Morgan fingerprint density at radius 1 is 1.27 bits per heavy atom. The normalized spacial score (nSPS) is 11.2. The number of nitrogens with zero attached hydrogens (tertiary/aromatic N) is 2. The fourth-order valence-electron chi connectivity index (χ4n) is 2.80. The number of amides is 1. The van der Waals surface area contributed by atoms with Crippen LogP contribution < -0.4 is 5.32 Å². The van der Waals surface area contributed by atoms with Crippen molar-refractivity contribution in [2.75, 3.05) is 5.32 Å². The zero-order valence-corrected chi connectivity index (χ0v) is 15.8. The average molecular weight is 371 g/mol. The van der Waals surface area contributed by atoms with E-state index >= 15 is 0 Å². The summed E-state index contributed by atoms with van der Waals surface area (Å²) in [5.41, 5.74) is 2.62. The highest BCUT2D eigenvalue weighted by molar-refractivity contribution is 7.20. The van der Waals surface area contributed by atoms with Gasteiger partial charge in [0.2, 0.25) is 0 Å². The summed E-state index contributed by atoms with van der Waals surface area (Å²) >= 11 is 1.43. The molecule has 0 saturated carbocycles. The fourth-order valence-corrected chi connectivity index (χ4v) is 3.78. The molecule has 1 aromatic carbocycles. The van der Waals surface area contributed by atoms with E-state index < -0.39 is 5.97 Å². The monoisotopic (exact) mass is 371 g/mol. The van der Waals surface area contributed by atoms with Gasteiger partial charge in [0.25, 0.3) is 5.91 Å². The number of aliphatic carboxylic acids is 1. The van der Waals surface area contributed by atoms with Crippen molar-refractivity contribution in [2.24, 2.45) is 7.05 Å². The molecule has 0 fully saturated rings. The molecule has 0 spiro atoms. The number of aryl methyl sites for hydroxylation is 2. The molecule has 3 rings (SSSR count). The van der Waals surface area contributed by atoms with Gasteiger partial charge in [-0.05, 0) is 36.1 Å². The second-order valence-corrected chi connectivity index (χ2v) is 7.57. The Labute approximate surface area is 155 Å². The Kier molecular flexibility index (Phi) is 5.08. The molecule has 3 aromatic rings. The van der Waals surface area contributed by atoms with Crippen LogP contribution in [0.5, 0.6) is 0 Å². The van der Waals surface area contributed by atoms with E-state index in [0.29, 0.717) is 22.9 Å². The Morgan fingerprint density at radius 2 is 1.96 bits per heavy atom. The van der Waals surface area contributed by atoms with Crippen molar-refractivity contribution < 1.29 is 14.7 Å². The molecule has 0 radical (unpaired) electrons. The van der Waals surface area contributed by atoms with Gasteiger partial charge in [0.1, 0.15) is 4.83 Å². The zero-order chi connectivity index (χ0) is 18.8. The third kappa shape index (κ3) is 3.77. The number of fused-ring (bicyclic) bond motifs is 1. The average Bonchev–Trinajstić information content (AvgIpc) is 3.15. The van der Waals surface area contributed by atoms with Gasteiger partial charge >= 0.3 is 5.97 Å². The van der Waals surface area contributed by atoms with Crippen LogP contribution in [0, 0.1) is 0 Å². The second kappa shape index (κ2) is 7.29. The summed E-state index contributed by atoms with van der Waals surface area (Å²) in [6.45, 7) is 4.18. The number of rotatable bonds is 6. The van der Waals surface area contributed by atoms with Crippen molar-refractivity contribution in [2.45, 2.75) is 32.6 Å². The van der Waals surface area contributed by atoms with Crippen molar-refractivity contribution in [3.63, 3.8) is 0 Å². The third-order valence-electron chi connectivity index (χ3n) is 4.15. The highest BCUT2D eigenvalue weighted by atomic mass is 32.1. The maximum atomic E-state index is 12.6. The number of aromatic nitrogens is 2. The van der Waals surface area contributed by atoms with E-state index in [2.05, 4.69) is 24.3 Å². The third-order valence-corrected chi connectivity index (χ3v) is 5.35. The lowest BCUT2D eigenvalue weighted by Gasteiger charge is -2.05. The topological polar surface area (TPSA) is 84.2 Å². The summed E-state index contributed by atoms with van der Waals surface area (Å²) in [7, 11) is 1.89. The molecule has 0 aliphatic carbocycles. The van der Waals surface area contributed by atoms with Crippen molar-refractivity contribution in [1.29, 1.82) is 0 Å². The molecule has 2 N–H and O–H groups in total. The summed E-state index contributed by atoms with van der Waals surface area (Å²) in [6, 6.07) is 9.17. The summed E-state index contributed by atoms with van der Waals surface area (Å²) in [5, 5.41) is 17.2. The molecule has 26 heavy (non-hydrogen) atoms. The lowest BCUT2D eigenvalue weighted by Crippen LogP contribution is -2.10. The minimum Gasteiger partial charge on any atom is -0.481 e. The maximum Gasteiger partial charge on any atom is 0.303 e. The predicted octanol–water partition coefficient (Wildman–Crippen LogP) is 4.03. The zero-order valence-electron chi connectivity index (χ0n) is 14.9. The quantitative estimate of drug-likeness (QED) is 0.685. The summed E-state index contributed by atoms with van der Waals surface area (Å²) in [4.78, 5) is 24.8. The fraction of sp³-hybridized carbons (Fsp3) is 0.316. The van der Waals surface area contributed by atoms with Crippen LogP contribution in [0.1, 0.15) is 47.1 Å². The summed E-state index contributed by atoms with van der Waals surface area (Å²) in [5.74, 6) is -0.677. The number of anilines is 1. The number of carbonyl (C=O) groups excluding carboxylic acids is 1. The van der Waals surface area contributed by atoms with E-state index in [-0.39, 0.29) is 12.3 Å². The van der Waals surface area contributed by atoms with E-state index in [1.807, 2.05) is 29.9 Å². The molecule has 0 aliphatic heterocycles. The number of benzene rings is 1. The van der Waals surface area contributed by atoms with Crippen molar-refractivity contribution in [3.05, 3.63) is 46.5 Å². The van der Waals surface area contributed by atoms with Gasteiger partial charge in [-0.3, -0.25) is 14.3 Å². The molecule has 0 bridgehead atoms. The number of carboxylic acid groups (broad SMARTS) is 1. The highest BCUT2D eigenvalue weighted by Crippen LogP contribution is 2.31. The van der Waals surface area contributed by atoms with Gasteiger partial charge in [-0.15, -0.1) is 11.3 Å². The number of carboxylic acids is 1. The van der Waals surface area contributed by atoms with Gasteiger partial charge in [-0.1, -0.05) is 26.0 Å². The van der Waals surface area contributed by atoms with Crippen molar-refractivity contribution in [1.82, 2.24) is 9.78 Å². The maximum absolute atomic E-state index is 12.6. The minimum absolute atomic E-state index is 0.0969. The van der Waals surface area contributed by atoms with Crippen LogP contribution in [-0.2, 0) is 18.3 Å². The van der Waals surface area contributed by atoms with Crippen molar-refractivity contribution >= 4 is 39.1 Å². The van der Waals surface area contributed by atoms with E-state index in [9.17, 15) is 9.59 Å². The van der Waals surface area contributed by atoms with Gasteiger partial charge in [0.05, 0.1) is 10.6 Å². The predicted molar refractivity (Wildman–Crippen MR) is 103 cm³/mol. The highest BCUT2D eigenvalue weighted by Gasteiger charge is 2.18. The van der Waals surface area contributed by atoms with Crippen LogP contribution in [0.15, 0.2) is 30.3 Å². The van der Waals surface area contributed by atoms with Crippen LogP contribution in [0.2, 0.25) is 0 Å². The van der Waals surface area contributed by atoms with Crippen LogP contribution in [0.4, 0.5) is 5.69 Å². The van der Waals surface area contributed by atoms with Gasteiger partial charge in [0.15, 0.2) is 0 Å². The first-order valence-corrected chi connectivity index (χ1v) is 9.25. The number of hydrogen-bond acceptors (Lipinski definition) is 4. The molecular weight excluding hydrogens is 350 g/mol. The smallest absolute Gasteiger partial charge is 0.303 e. The number of thiophene rings is 1. The van der Waals surface area contributed by atoms with Gasteiger partial charge < -0.3 is 10.4 Å². The molecular formula is C19H21N3O3S. The summed E-state index contributed by atoms with van der Waals surface area (Å²) < 4.78 is 1.82. The largest absolute Gasteiger partial charge is 0.481 e.